The van der Waals surface area contributed by atoms with E-state index in [1.165, 1.54) is 28.2 Å². The first-order chi connectivity index (χ1) is 13.6. The number of hydrogen-bond acceptors (Lipinski definition) is 5. The molecule has 0 saturated carbocycles. The van der Waals surface area contributed by atoms with E-state index in [0.29, 0.717) is 23.2 Å². The van der Waals surface area contributed by atoms with Crippen molar-refractivity contribution in [2.24, 2.45) is 0 Å². The number of benzene rings is 2. The molecule has 140 valence electrons. The molecule has 0 radical (unpaired) electrons. The van der Waals surface area contributed by atoms with Crippen LogP contribution in [0.5, 0.6) is 0 Å². The second-order valence-electron chi connectivity index (χ2n) is 6.30. The largest absolute Gasteiger partial charge is 0.350 e. The van der Waals surface area contributed by atoms with Crippen molar-refractivity contribution in [1.82, 2.24) is 14.8 Å². The van der Waals surface area contributed by atoms with Crippen molar-refractivity contribution in [2.45, 2.75) is 13.5 Å². The Kier molecular flexibility index (Phi) is 4.99. The van der Waals surface area contributed by atoms with Gasteiger partial charge in [-0.25, -0.2) is 4.39 Å². The van der Waals surface area contributed by atoms with E-state index in [4.69, 9.17) is 0 Å². The van der Waals surface area contributed by atoms with Crippen LogP contribution in [0.4, 0.5) is 10.3 Å². The molecule has 4 rings (SSSR count). The number of nitrogens with zero attached hydrogens (tertiary/aromatic N) is 3. The van der Waals surface area contributed by atoms with Gasteiger partial charge < -0.3 is 5.32 Å². The summed E-state index contributed by atoms with van der Waals surface area (Å²) in [6.07, 6.45) is 0. The molecule has 1 N–H and O–H groups in total. The van der Waals surface area contributed by atoms with Crippen molar-refractivity contribution in [3.05, 3.63) is 87.9 Å². The lowest BCUT2D eigenvalue weighted by Gasteiger charge is -2.06. The van der Waals surface area contributed by atoms with Crippen LogP contribution in [0.25, 0.3) is 11.4 Å². The Morgan fingerprint density at radius 2 is 1.86 bits per heavy atom. The zero-order chi connectivity index (χ0) is 19.5. The normalized spacial score (nSPS) is 10.8. The first-order valence-electron chi connectivity index (χ1n) is 8.71. The van der Waals surface area contributed by atoms with E-state index < -0.39 is 0 Å². The zero-order valence-corrected chi connectivity index (χ0v) is 15.9. The van der Waals surface area contributed by atoms with Gasteiger partial charge in [-0.05, 0) is 36.1 Å². The molecule has 0 aliphatic carbocycles. The predicted molar refractivity (Wildman–Crippen MR) is 108 cm³/mol. The number of halogens is 1. The number of aromatic nitrogens is 3. The predicted octanol–water partition coefficient (Wildman–Crippen LogP) is 4.75. The third-order valence-corrected chi connectivity index (χ3v) is 5.06. The summed E-state index contributed by atoms with van der Waals surface area (Å²) in [5.41, 5.74) is 2.83. The van der Waals surface area contributed by atoms with Crippen molar-refractivity contribution >= 4 is 23.2 Å². The molecule has 0 spiro atoms. The summed E-state index contributed by atoms with van der Waals surface area (Å²) in [5, 5.41) is 9.42. The standard InChI is InChI=1S/C21H17FN4OS/c1-14-4-8-16(9-5-14)19-24-21(23-13-15-6-10-17(22)11-7-15)26(25-19)20(27)18-3-2-12-28-18/h2-12H,13H2,1H3,(H,23,24,25). The van der Waals surface area contributed by atoms with E-state index >= 15 is 0 Å². The summed E-state index contributed by atoms with van der Waals surface area (Å²) >= 11 is 1.35. The number of hydrogen-bond donors (Lipinski definition) is 1. The highest BCUT2D eigenvalue weighted by Gasteiger charge is 2.19. The molecule has 7 heteroatoms. The van der Waals surface area contributed by atoms with Crippen LogP contribution in [0.1, 0.15) is 20.8 Å². The molecular weight excluding hydrogens is 375 g/mol. The van der Waals surface area contributed by atoms with E-state index in [1.807, 2.05) is 42.6 Å². The van der Waals surface area contributed by atoms with Gasteiger partial charge in [-0.3, -0.25) is 4.79 Å². The van der Waals surface area contributed by atoms with Crippen molar-refractivity contribution in [3.8, 4) is 11.4 Å². The molecule has 2 heterocycles. The summed E-state index contributed by atoms with van der Waals surface area (Å²) in [4.78, 5) is 18.0. The molecule has 0 saturated heterocycles. The maximum Gasteiger partial charge on any atom is 0.291 e. The lowest BCUT2D eigenvalue weighted by molar-refractivity contribution is 0.0951. The minimum atomic E-state index is -0.290. The van der Waals surface area contributed by atoms with E-state index in [0.717, 1.165) is 16.7 Å². The molecule has 28 heavy (non-hydrogen) atoms. The first-order valence-corrected chi connectivity index (χ1v) is 9.59. The van der Waals surface area contributed by atoms with Crippen LogP contribution < -0.4 is 5.32 Å². The fourth-order valence-electron chi connectivity index (χ4n) is 2.68. The maximum absolute atomic E-state index is 13.1. The van der Waals surface area contributed by atoms with E-state index in [-0.39, 0.29) is 11.7 Å². The summed E-state index contributed by atoms with van der Waals surface area (Å²) < 4.78 is 14.4. The molecule has 0 aliphatic rings. The smallest absolute Gasteiger partial charge is 0.291 e. The number of carbonyl (C=O) groups is 1. The highest BCUT2D eigenvalue weighted by atomic mass is 32.1. The SMILES string of the molecule is Cc1ccc(-c2nc(NCc3ccc(F)cc3)n(C(=O)c3cccs3)n2)cc1. The third-order valence-electron chi connectivity index (χ3n) is 4.21. The third kappa shape index (κ3) is 3.84. The summed E-state index contributed by atoms with van der Waals surface area (Å²) in [6.45, 7) is 2.40. The van der Waals surface area contributed by atoms with Gasteiger partial charge in [0.1, 0.15) is 5.82 Å². The summed E-state index contributed by atoms with van der Waals surface area (Å²) in [5.74, 6) is 0.272. The fourth-order valence-corrected chi connectivity index (χ4v) is 3.33. The molecule has 2 aromatic carbocycles. The van der Waals surface area contributed by atoms with Crippen LogP contribution in [0, 0.1) is 12.7 Å². The molecular formula is C21H17FN4OS. The van der Waals surface area contributed by atoms with Crippen molar-refractivity contribution in [1.29, 1.82) is 0 Å². The van der Waals surface area contributed by atoms with Crippen molar-refractivity contribution in [2.75, 3.05) is 5.32 Å². The maximum atomic E-state index is 13.1. The zero-order valence-electron chi connectivity index (χ0n) is 15.1. The van der Waals surface area contributed by atoms with Gasteiger partial charge in [0.25, 0.3) is 5.91 Å². The number of carbonyl (C=O) groups excluding carboxylic acids is 1. The van der Waals surface area contributed by atoms with E-state index in [1.54, 1.807) is 18.2 Å². The lowest BCUT2D eigenvalue weighted by Crippen LogP contribution is -2.16. The van der Waals surface area contributed by atoms with Gasteiger partial charge in [0.05, 0.1) is 4.88 Å². The molecule has 0 aliphatic heterocycles. The second kappa shape index (κ2) is 7.74. The average Bonchev–Trinajstić information content (AvgIpc) is 3.38. The number of nitrogens with one attached hydrogen (secondary N) is 1. The van der Waals surface area contributed by atoms with Crippen molar-refractivity contribution < 1.29 is 9.18 Å². The van der Waals surface area contributed by atoms with Gasteiger partial charge in [0.15, 0.2) is 5.82 Å². The van der Waals surface area contributed by atoms with Crippen LogP contribution in [-0.4, -0.2) is 20.7 Å². The Morgan fingerprint density at radius 1 is 1.11 bits per heavy atom. The summed E-state index contributed by atoms with van der Waals surface area (Å²) in [6, 6.07) is 17.5. The number of thiophene rings is 1. The van der Waals surface area contributed by atoms with Crippen LogP contribution in [-0.2, 0) is 6.54 Å². The van der Waals surface area contributed by atoms with Gasteiger partial charge in [0.2, 0.25) is 5.95 Å². The van der Waals surface area contributed by atoms with Crippen LogP contribution in [0.2, 0.25) is 0 Å². The Labute approximate surface area is 165 Å². The molecule has 5 nitrogen and oxygen atoms in total. The quantitative estimate of drug-likeness (QED) is 0.532. The highest BCUT2D eigenvalue weighted by Crippen LogP contribution is 2.21. The Hall–Kier alpha value is -3.32. The van der Waals surface area contributed by atoms with E-state index in [9.17, 15) is 9.18 Å². The molecule has 0 fully saturated rings. The van der Waals surface area contributed by atoms with Gasteiger partial charge in [-0.15, -0.1) is 16.4 Å². The number of anilines is 1. The monoisotopic (exact) mass is 392 g/mol. The van der Waals surface area contributed by atoms with Crippen molar-refractivity contribution in [3.63, 3.8) is 0 Å². The molecule has 2 aromatic heterocycles. The van der Waals surface area contributed by atoms with Gasteiger partial charge >= 0.3 is 0 Å². The van der Waals surface area contributed by atoms with Crippen LogP contribution >= 0.6 is 11.3 Å². The Bertz CT molecular complexity index is 1090. The molecule has 0 unspecified atom stereocenters. The van der Waals surface area contributed by atoms with Gasteiger partial charge in [-0.2, -0.15) is 9.67 Å². The number of rotatable bonds is 5. The number of aryl methyl sites for hydroxylation is 1. The molecule has 0 bridgehead atoms. The highest BCUT2D eigenvalue weighted by molar-refractivity contribution is 7.12. The lowest BCUT2D eigenvalue weighted by atomic mass is 10.1. The van der Waals surface area contributed by atoms with E-state index in [2.05, 4.69) is 15.4 Å². The van der Waals surface area contributed by atoms with Crippen LogP contribution in [0.15, 0.2) is 66.0 Å². The molecule has 4 aromatic rings. The Balaban J connectivity index is 1.66. The van der Waals surface area contributed by atoms with Gasteiger partial charge in [-0.1, -0.05) is 48.0 Å². The molecule has 0 atom stereocenters. The fraction of sp³-hybridized carbons (Fsp3) is 0.0952. The topological polar surface area (TPSA) is 59.8 Å². The first kappa shape index (κ1) is 18.1. The second-order valence-corrected chi connectivity index (χ2v) is 7.25. The molecule has 0 amide bonds. The minimum Gasteiger partial charge on any atom is -0.350 e. The van der Waals surface area contributed by atoms with Gasteiger partial charge in [0, 0.05) is 12.1 Å². The minimum absolute atomic E-state index is 0.248. The van der Waals surface area contributed by atoms with Crippen LogP contribution in [0.3, 0.4) is 0 Å². The average molecular weight is 392 g/mol. The Morgan fingerprint density at radius 3 is 2.54 bits per heavy atom. The summed E-state index contributed by atoms with van der Waals surface area (Å²) in [7, 11) is 0.